The number of carbonyl (C=O) groups excluding carboxylic acids is 2. The summed E-state index contributed by atoms with van der Waals surface area (Å²) in [6.45, 7) is 6.03. The Morgan fingerprint density at radius 2 is 1.36 bits per heavy atom. The number of ether oxygens (including phenoxy) is 3. The number of carbonyl (C=O) groups is 2. The van der Waals surface area contributed by atoms with Crippen molar-refractivity contribution in [3.63, 3.8) is 0 Å². The van der Waals surface area contributed by atoms with Gasteiger partial charge in [-0.1, -0.05) is 60.7 Å². The number of halogens is 1. The first-order valence-corrected chi connectivity index (χ1v) is 13.0. The molecule has 0 saturated carbocycles. The molecule has 0 aliphatic carbocycles. The summed E-state index contributed by atoms with van der Waals surface area (Å²) in [6, 6.07) is 19.4. The summed E-state index contributed by atoms with van der Waals surface area (Å²) in [6.07, 6.45) is 5.31. The Bertz CT molecular complexity index is 983. The van der Waals surface area contributed by atoms with Gasteiger partial charge in [-0.05, 0) is 13.8 Å². The van der Waals surface area contributed by atoms with E-state index < -0.39 is 17.7 Å². The van der Waals surface area contributed by atoms with Crippen LogP contribution in [0.2, 0.25) is 0 Å². The van der Waals surface area contributed by atoms with Crippen molar-refractivity contribution in [2.45, 2.75) is 82.3 Å². The van der Waals surface area contributed by atoms with Gasteiger partial charge in [0.05, 0.1) is 31.3 Å². The molecule has 2 aromatic carbocycles. The third-order valence-corrected chi connectivity index (χ3v) is 8.25. The SMILES string of the molecule is CC(C)OC(=O)OC(C(=O)OC1CC2CCC(C1)[N+]21CCCC1)(c1ccccc1)c1ccccc1.[Cl-]. The van der Waals surface area contributed by atoms with E-state index in [1.54, 1.807) is 38.1 Å². The lowest BCUT2D eigenvalue weighted by Gasteiger charge is -2.47. The minimum atomic E-state index is -1.75. The standard InChI is InChI=1S/C29H36NO5.ClH/c1-21(2)33-28(32)35-29(22-11-5-3-6-12-22,23-13-7-4-8-14-23)27(31)34-26-19-24-15-16-25(20-26)30(24)17-9-10-18-30;/h3-8,11-14,21,24-26H,9-10,15-20H2,1-2H3;1H/q+1;/p-1. The third kappa shape index (κ3) is 4.73. The summed E-state index contributed by atoms with van der Waals surface area (Å²) in [5, 5.41) is 0. The summed E-state index contributed by atoms with van der Waals surface area (Å²) in [5.41, 5.74) is -0.664. The average molecular weight is 514 g/mol. The molecule has 2 bridgehead atoms. The molecule has 0 radical (unpaired) electrons. The van der Waals surface area contributed by atoms with Gasteiger partial charge in [-0.2, -0.15) is 0 Å². The Hall–Kier alpha value is -2.57. The smallest absolute Gasteiger partial charge is 0.510 e. The van der Waals surface area contributed by atoms with Crippen molar-refractivity contribution in [2.75, 3.05) is 13.1 Å². The van der Waals surface area contributed by atoms with Gasteiger partial charge in [0.2, 0.25) is 0 Å². The number of piperidine rings is 1. The number of esters is 1. The predicted octanol–water partition coefficient (Wildman–Crippen LogP) is 2.34. The van der Waals surface area contributed by atoms with E-state index in [2.05, 4.69) is 0 Å². The minimum Gasteiger partial charge on any atom is -1.00 e. The molecule has 194 valence electrons. The predicted molar refractivity (Wildman–Crippen MR) is 132 cm³/mol. The number of rotatable bonds is 6. The van der Waals surface area contributed by atoms with Crippen molar-refractivity contribution < 1.29 is 40.7 Å². The lowest BCUT2D eigenvalue weighted by molar-refractivity contribution is -0.956. The van der Waals surface area contributed by atoms with Crippen LogP contribution in [0.3, 0.4) is 0 Å². The highest BCUT2D eigenvalue weighted by atomic mass is 35.5. The first kappa shape index (κ1) is 26.5. The van der Waals surface area contributed by atoms with Crippen LogP contribution in [0.15, 0.2) is 60.7 Å². The molecule has 3 heterocycles. The number of hydrogen-bond donors (Lipinski definition) is 0. The van der Waals surface area contributed by atoms with Gasteiger partial charge in [0.1, 0.15) is 6.10 Å². The van der Waals surface area contributed by atoms with Gasteiger partial charge in [0.25, 0.3) is 5.60 Å². The number of hydrogen-bond acceptors (Lipinski definition) is 5. The fraction of sp³-hybridized carbons (Fsp3) is 0.517. The molecule has 0 amide bonds. The van der Waals surface area contributed by atoms with Crippen LogP contribution in [-0.2, 0) is 24.6 Å². The van der Waals surface area contributed by atoms with Crippen LogP contribution in [-0.4, -0.2) is 54.0 Å². The van der Waals surface area contributed by atoms with Crippen molar-refractivity contribution in [1.29, 1.82) is 0 Å². The van der Waals surface area contributed by atoms with E-state index in [9.17, 15) is 9.59 Å². The van der Waals surface area contributed by atoms with Crippen LogP contribution in [0.5, 0.6) is 0 Å². The Morgan fingerprint density at radius 3 is 1.83 bits per heavy atom. The molecule has 1 spiro atoms. The van der Waals surface area contributed by atoms with E-state index >= 15 is 0 Å². The lowest BCUT2D eigenvalue weighted by Crippen LogP contribution is -3.00. The first-order chi connectivity index (χ1) is 16.9. The molecule has 6 nitrogen and oxygen atoms in total. The van der Waals surface area contributed by atoms with Gasteiger partial charge >= 0.3 is 12.1 Å². The maximum absolute atomic E-state index is 14.1. The van der Waals surface area contributed by atoms with E-state index in [-0.39, 0.29) is 24.6 Å². The van der Waals surface area contributed by atoms with Crippen molar-refractivity contribution >= 4 is 12.1 Å². The van der Waals surface area contributed by atoms with Crippen LogP contribution < -0.4 is 12.4 Å². The lowest BCUT2D eigenvalue weighted by atomic mass is 9.85. The van der Waals surface area contributed by atoms with Crippen molar-refractivity contribution in [2.24, 2.45) is 0 Å². The zero-order valence-electron chi connectivity index (χ0n) is 21.1. The Labute approximate surface area is 219 Å². The second kappa shape index (κ2) is 10.8. The Morgan fingerprint density at radius 1 is 0.861 bits per heavy atom. The van der Waals surface area contributed by atoms with E-state index in [1.807, 2.05) is 36.4 Å². The van der Waals surface area contributed by atoms with Crippen LogP contribution in [0.1, 0.15) is 63.5 Å². The molecule has 2 unspecified atom stereocenters. The van der Waals surface area contributed by atoms with Crippen molar-refractivity contribution in [3.05, 3.63) is 71.8 Å². The maximum Gasteiger partial charge on any atom is 0.510 e. The highest BCUT2D eigenvalue weighted by molar-refractivity contribution is 5.88. The Kier molecular flexibility index (Phi) is 7.96. The molecule has 3 aliphatic rings. The largest absolute Gasteiger partial charge is 1.00 e. The van der Waals surface area contributed by atoms with E-state index in [1.165, 1.54) is 43.3 Å². The minimum absolute atomic E-state index is 0. The molecule has 3 aliphatic heterocycles. The summed E-state index contributed by atoms with van der Waals surface area (Å²) in [7, 11) is 0. The quantitative estimate of drug-likeness (QED) is 0.438. The molecule has 2 aromatic rings. The van der Waals surface area contributed by atoms with Crippen LogP contribution in [0, 0.1) is 0 Å². The topological polar surface area (TPSA) is 61.8 Å². The zero-order valence-corrected chi connectivity index (χ0v) is 21.9. The van der Waals surface area contributed by atoms with Crippen molar-refractivity contribution in [3.8, 4) is 0 Å². The van der Waals surface area contributed by atoms with Gasteiger partial charge < -0.3 is 31.1 Å². The fourth-order valence-electron chi connectivity index (χ4n) is 6.79. The molecule has 0 aromatic heterocycles. The third-order valence-electron chi connectivity index (χ3n) is 8.25. The number of quaternary nitrogens is 1. The molecule has 36 heavy (non-hydrogen) atoms. The summed E-state index contributed by atoms with van der Waals surface area (Å²) < 4.78 is 18.8. The highest BCUT2D eigenvalue weighted by Crippen LogP contribution is 2.47. The summed E-state index contributed by atoms with van der Waals surface area (Å²) in [4.78, 5) is 27.0. The van der Waals surface area contributed by atoms with Gasteiger partial charge in [-0.15, -0.1) is 0 Å². The van der Waals surface area contributed by atoms with E-state index in [4.69, 9.17) is 14.2 Å². The molecule has 3 fully saturated rings. The van der Waals surface area contributed by atoms with Gasteiger partial charge in [-0.3, -0.25) is 0 Å². The molecule has 5 rings (SSSR count). The Balaban J connectivity index is 0.00000304. The van der Waals surface area contributed by atoms with Crippen LogP contribution in [0.4, 0.5) is 4.79 Å². The highest BCUT2D eigenvalue weighted by Gasteiger charge is 2.57. The first-order valence-electron chi connectivity index (χ1n) is 13.0. The van der Waals surface area contributed by atoms with Crippen molar-refractivity contribution in [1.82, 2.24) is 0 Å². The van der Waals surface area contributed by atoms with Gasteiger partial charge in [0.15, 0.2) is 0 Å². The number of nitrogens with zero attached hydrogens (tertiary/aromatic N) is 1. The monoisotopic (exact) mass is 513 g/mol. The zero-order chi connectivity index (χ0) is 24.5. The molecular weight excluding hydrogens is 478 g/mol. The summed E-state index contributed by atoms with van der Waals surface area (Å²) >= 11 is 0. The van der Waals surface area contributed by atoms with Crippen LogP contribution in [0.25, 0.3) is 0 Å². The average Bonchev–Trinajstić information content (AvgIpc) is 3.39. The van der Waals surface area contributed by atoms with Gasteiger partial charge in [0, 0.05) is 49.7 Å². The fourth-order valence-corrected chi connectivity index (χ4v) is 6.79. The second-order valence-corrected chi connectivity index (χ2v) is 10.6. The van der Waals surface area contributed by atoms with E-state index in [0.717, 1.165) is 12.8 Å². The molecule has 2 atom stereocenters. The molecule has 0 N–H and O–H groups in total. The van der Waals surface area contributed by atoms with E-state index in [0.29, 0.717) is 23.2 Å². The molecule has 7 heteroatoms. The normalized spacial score (nSPS) is 24.2. The van der Waals surface area contributed by atoms with Gasteiger partial charge in [-0.25, -0.2) is 9.59 Å². The second-order valence-electron chi connectivity index (χ2n) is 10.6. The maximum atomic E-state index is 14.1. The molecular formula is C29H36ClNO5. The van der Waals surface area contributed by atoms with Crippen LogP contribution >= 0.6 is 0 Å². The molecule has 3 saturated heterocycles. The summed E-state index contributed by atoms with van der Waals surface area (Å²) in [5.74, 6) is -0.560. The number of benzene rings is 2.